The van der Waals surface area contributed by atoms with Gasteiger partial charge < -0.3 is 33.7 Å². The average Bonchev–Trinajstić information content (AvgIpc) is 3.53. The first kappa shape index (κ1) is 41.0. The van der Waals surface area contributed by atoms with E-state index in [1.165, 1.54) is 26.4 Å². The lowest BCUT2D eigenvalue weighted by molar-refractivity contribution is -0.317. The number of hydrogen-bond acceptors (Lipinski definition) is 8. The molecule has 12 heteroatoms. The van der Waals surface area contributed by atoms with Gasteiger partial charge >= 0.3 is 5.97 Å². The van der Waals surface area contributed by atoms with Gasteiger partial charge in [-0.2, -0.15) is 0 Å². The summed E-state index contributed by atoms with van der Waals surface area (Å²) < 4.78 is 33.5. The van der Waals surface area contributed by atoms with Crippen LogP contribution >= 0.6 is 34.8 Å². The quantitative estimate of drug-likeness (QED) is 0.0621. The molecular formula is C36H54Cl3NO8. The van der Waals surface area contributed by atoms with Gasteiger partial charge in [0.05, 0.1) is 39.6 Å². The van der Waals surface area contributed by atoms with E-state index in [4.69, 9.17) is 63.2 Å². The van der Waals surface area contributed by atoms with Gasteiger partial charge in [-0.05, 0) is 51.5 Å². The molecule has 48 heavy (non-hydrogen) atoms. The van der Waals surface area contributed by atoms with E-state index in [2.05, 4.69) is 18.3 Å². The van der Waals surface area contributed by atoms with Crippen molar-refractivity contribution in [3.05, 3.63) is 48.0 Å². The maximum atomic E-state index is 13.4. The van der Waals surface area contributed by atoms with E-state index in [9.17, 15) is 9.59 Å². The Hall–Kier alpha value is -1.43. The number of methoxy groups -OCH3 is 1. The Balaban J connectivity index is 1.64. The van der Waals surface area contributed by atoms with Crippen LogP contribution < -0.4 is 5.32 Å². The Morgan fingerprint density at radius 2 is 1.60 bits per heavy atom. The molecule has 3 rings (SSSR count). The molecule has 0 saturated carbocycles. The van der Waals surface area contributed by atoms with E-state index >= 15 is 0 Å². The molecule has 1 N–H and O–H groups in total. The average molecular weight is 735 g/mol. The fourth-order valence-electron chi connectivity index (χ4n) is 6.14. The highest BCUT2D eigenvalue weighted by molar-refractivity contribution is 6.76. The first-order chi connectivity index (χ1) is 22.9. The Morgan fingerprint density at radius 3 is 2.23 bits per heavy atom. The lowest BCUT2D eigenvalue weighted by atomic mass is 9.85. The van der Waals surface area contributed by atoms with Crippen LogP contribution in [0, 0.1) is 0 Å². The molecule has 2 aliphatic rings. The smallest absolute Gasteiger partial charge is 0.336 e. The van der Waals surface area contributed by atoms with Gasteiger partial charge in [-0.15, -0.1) is 0 Å². The number of benzene rings is 1. The summed E-state index contributed by atoms with van der Waals surface area (Å²) in [5.74, 6) is -3.31. The standard InChI is InChI=1S/C36H54Cl3NO8/c1-5-6-7-17-22-34(45-24-25-46-34)23-18-12-10-8-9-11-16-21-29(44-26-28-19-14-13-15-20-28)30-35(32(42)43-4,27-47-33(2,3)48-30)40-31(41)36(37,38)39/h11,13-16,19-20,29-30H,5-10,12,17-18,21-27H2,1-4H3,(H,40,41)/b16-11-/t29-,30+,35+/m1/s1. The zero-order valence-corrected chi connectivity index (χ0v) is 31.2. The number of amides is 1. The fourth-order valence-corrected chi connectivity index (χ4v) is 6.28. The molecule has 2 aliphatic heterocycles. The number of rotatable bonds is 20. The predicted molar refractivity (Wildman–Crippen MR) is 188 cm³/mol. The van der Waals surface area contributed by atoms with E-state index in [0.29, 0.717) is 19.6 Å². The summed E-state index contributed by atoms with van der Waals surface area (Å²) in [6, 6.07) is 9.65. The Labute approximate surface area is 301 Å². The monoisotopic (exact) mass is 733 g/mol. The topological polar surface area (TPSA) is 102 Å². The molecule has 272 valence electrons. The SMILES string of the molecule is CCCCCCC1(CCCCCC/C=C\C[C@@H](OCc2ccccc2)[C@@H]2OC(C)(C)OC[C@@]2(NC(=O)C(Cl)(Cl)Cl)C(=O)OC)OCCO1. The molecule has 3 atom stereocenters. The number of allylic oxidation sites excluding steroid dienone is 1. The van der Waals surface area contributed by atoms with Gasteiger partial charge in [-0.1, -0.05) is 116 Å². The zero-order chi connectivity index (χ0) is 35.1. The molecule has 0 spiro atoms. The summed E-state index contributed by atoms with van der Waals surface area (Å²) in [5.41, 5.74) is -0.913. The van der Waals surface area contributed by atoms with Crippen LogP contribution in [0.5, 0.6) is 0 Å². The summed E-state index contributed by atoms with van der Waals surface area (Å²) in [5, 5.41) is 2.58. The maximum absolute atomic E-state index is 13.4. The van der Waals surface area contributed by atoms with Crippen molar-refractivity contribution in [1.82, 2.24) is 5.32 Å². The van der Waals surface area contributed by atoms with Crippen LogP contribution in [0.4, 0.5) is 0 Å². The minimum atomic E-state index is -2.34. The number of ether oxygens (including phenoxy) is 6. The van der Waals surface area contributed by atoms with Crippen LogP contribution in [-0.2, 0) is 44.6 Å². The van der Waals surface area contributed by atoms with Crippen LogP contribution in [0.3, 0.4) is 0 Å². The zero-order valence-electron chi connectivity index (χ0n) is 28.9. The summed E-state index contributed by atoms with van der Waals surface area (Å²) >= 11 is 17.7. The van der Waals surface area contributed by atoms with Gasteiger partial charge in [0, 0.05) is 12.8 Å². The summed E-state index contributed by atoms with van der Waals surface area (Å²) in [6.07, 6.45) is 14.7. The molecule has 0 unspecified atom stereocenters. The van der Waals surface area contributed by atoms with Crippen LogP contribution in [-0.4, -0.2) is 71.9 Å². The third-order valence-corrected chi connectivity index (χ3v) is 9.29. The second-order valence-corrected chi connectivity index (χ2v) is 15.3. The number of nitrogens with one attached hydrogen (secondary N) is 1. The summed E-state index contributed by atoms with van der Waals surface area (Å²) in [7, 11) is 1.21. The highest BCUT2D eigenvalue weighted by Crippen LogP contribution is 2.37. The molecule has 1 aromatic carbocycles. The fraction of sp³-hybridized carbons (Fsp3) is 0.722. The second-order valence-electron chi connectivity index (χ2n) is 13.1. The van der Waals surface area contributed by atoms with Crippen molar-refractivity contribution in [3.8, 4) is 0 Å². The first-order valence-corrected chi connectivity index (χ1v) is 18.4. The van der Waals surface area contributed by atoms with E-state index in [0.717, 1.165) is 56.9 Å². The van der Waals surface area contributed by atoms with Crippen molar-refractivity contribution in [2.24, 2.45) is 0 Å². The third-order valence-electron chi connectivity index (χ3n) is 8.77. The van der Waals surface area contributed by atoms with E-state index in [1.807, 2.05) is 36.4 Å². The van der Waals surface area contributed by atoms with Crippen LogP contribution in [0.15, 0.2) is 42.5 Å². The number of hydrogen-bond donors (Lipinski definition) is 1. The highest BCUT2D eigenvalue weighted by atomic mass is 35.6. The number of alkyl halides is 3. The Morgan fingerprint density at radius 1 is 0.958 bits per heavy atom. The highest BCUT2D eigenvalue weighted by Gasteiger charge is 2.59. The number of carbonyl (C=O) groups excluding carboxylic acids is 2. The number of halogens is 3. The van der Waals surface area contributed by atoms with Crippen molar-refractivity contribution < 1.29 is 38.0 Å². The van der Waals surface area contributed by atoms with Crippen LogP contribution in [0.1, 0.15) is 103 Å². The van der Waals surface area contributed by atoms with Crippen LogP contribution in [0.25, 0.3) is 0 Å². The molecule has 0 bridgehead atoms. The minimum absolute atomic E-state index is 0.240. The second kappa shape index (κ2) is 19.8. The van der Waals surface area contributed by atoms with Crippen molar-refractivity contribution in [2.75, 3.05) is 26.9 Å². The molecule has 2 saturated heterocycles. The van der Waals surface area contributed by atoms with Crippen LogP contribution in [0.2, 0.25) is 0 Å². The largest absolute Gasteiger partial charge is 0.467 e. The maximum Gasteiger partial charge on any atom is 0.336 e. The molecule has 0 aromatic heterocycles. The van der Waals surface area contributed by atoms with E-state index < -0.39 is 39.2 Å². The molecule has 1 aromatic rings. The van der Waals surface area contributed by atoms with E-state index in [-0.39, 0.29) is 19.0 Å². The lowest BCUT2D eigenvalue weighted by Gasteiger charge is -2.49. The molecule has 9 nitrogen and oxygen atoms in total. The van der Waals surface area contributed by atoms with Crippen molar-refractivity contribution >= 4 is 46.7 Å². The van der Waals surface area contributed by atoms with E-state index in [1.54, 1.807) is 13.8 Å². The molecule has 0 aliphatic carbocycles. The summed E-state index contributed by atoms with van der Waals surface area (Å²) in [4.78, 5) is 26.4. The molecule has 1 amide bonds. The van der Waals surface area contributed by atoms with Crippen molar-refractivity contribution in [2.45, 2.75) is 138 Å². The Kier molecular flexibility index (Phi) is 16.9. The number of unbranched alkanes of at least 4 members (excludes halogenated alkanes) is 7. The van der Waals surface area contributed by atoms with Gasteiger partial charge in [0.1, 0.15) is 6.10 Å². The minimum Gasteiger partial charge on any atom is -0.467 e. The number of esters is 1. The first-order valence-electron chi connectivity index (χ1n) is 17.2. The van der Waals surface area contributed by atoms with Gasteiger partial charge in [0.15, 0.2) is 17.1 Å². The Bertz CT molecular complexity index is 1140. The third kappa shape index (κ3) is 12.7. The van der Waals surface area contributed by atoms with Gasteiger partial charge in [0.25, 0.3) is 9.70 Å². The predicted octanol–water partition coefficient (Wildman–Crippen LogP) is 8.12. The normalized spacial score (nSPS) is 22.9. The molecule has 0 radical (unpaired) electrons. The van der Waals surface area contributed by atoms with Crippen molar-refractivity contribution in [1.29, 1.82) is 0 Å². The lowest BCUT2D eigenvalue weighted by Crippen LogP contribution is -2.74. The summed E-state index contributed by atoms with van der Waals surface area (Å²) in [6.45, 7) is 7.00. The van der Waals surface area contributed by atoms with Gasteiger partial charge in [-0.3, -0.25) is 4.79 Å². The molecule has 2 heterocycles. The number of carbonyl (C=O) groups is 2. The van der Waals surface area contributed by atoms with Gasteiger partial charge in [-0.25, -0.2) is 4.79 Å². The van der Waals surface area contributed by atoms with Crippen molar-refractivity contribution in [3.63, 3.8) is 0 Å². The molecular weight excluding hydrogens is 681 g/mol. The van der Waals surface area contributed by atoms with Gasteiger partial charge in [0.2, 0.25) is 0 Å². The molecule has 2 fully saturated rings.